The van der Waals surface area contributed by atoms with E-state index in [0.29, 0.717) is 5.56 Å². The highest BCUT2D eigenvalue weighted by atomic mass is 16.3. The van der Waals surface area contributed by atoms with Gasteiger partial charge >= 0.3 is 0 Å². The predicted octanol–water partition coefficient (Wildman–Crippen LogP) is 1.00. The lowest BCUT2D eigenvalue weighted by atomic mass is 10.1. The molecule has 0 radical (unpaired) electrons. The minimum absolute atomic E-state index is 0.653. The van der Waals surface area contributed by atoms with Gasteiger partial charge in [-0.1, -0.05) is 0 Å². The fraction of sp³-hybridized carbons (Fsp3) is 0.500. The van der Waals surface area contributed by atoms with Crippen LogP contribution in [0.15, 0.2) is 16.9 Å². The van der Waals surface area contributed by atoms with Crippen LogP contribution >= 0.6 is 0 Å². The number of furan rings is 1. The molecule has 0 aliphatic heterocycles. The number of aliphatic hydroxyl groups excluding tert-OH is 2. The van der Waals surface area contributed by atoms with Crippen LogP contribution in [0.4, 0.5) is 0 Å². The maximum atomic E-state index is 9.36. The van der Waals surface area contributed by atoms with Crippen LogP contribution in [0.25, 0.3) is 0 Å². The fourth-order valence-electron chi connectivity index (χ4n) is 0.933. The average Bonchev–Trinajstić information content (AvgIpc) is 2.33. The molecular weight excluding hydrogens is 144 g/mol. The maximum Gasteiger partial charge on any atom is 0.108 e. The molecule has 3 heteroatoms. The lowest BCUT2D eigenvalue weighted by molar-refractivity contribution is 0.0298. The topological polar surface area (TPSA) is 53.6 Å². The van der Waals surface area contributed by atoms with E-state index in [-0.39, 0.29) is 0 Å². The van der Waals surface area contributed by atoms with Gasteiger partial charge in [0.25, 0.3) is 0 Å². The molecule has 0 amide bonds. The number of hydrogen-bond acceptors (Lipinski definition) is 3. The molecule has 62 valence electrons. The summed E-state index contributed by atoms with van der Waals surface area (Å²) in [6.45, 7) is 3.36. The van der Waals surface area contributed by atoms with E-state index in [1.54, 1.807) is 6.26 Å². The van der Waals surface area contributed by atoms with Crippen molar-refractivity contribution in [2.24, 2.45) is 0 Å². The largest absolute Gasteiger partial charge is 0.472 e. The number of aryl methyl sites for hydroxylation is 1. The lowest BCUT2D eigenvalue weighted by Crippen LogP contribution is -2.13. The Labute approximate surface area is 65.3 Å². The third kappa shape index (κ3) is 1.61. The Balaban J connectivity index is 2.84. The number of rotatable bonds is 2. The SMILES string of the molecule is Cc1cocc1C(O)C(C)O. The Kier molecular flexibility index (Phi) is 2.31. The molecule has 2 N–H and O–H groups in total. The molecule has 2 atom stereocenters. The Morgan fingerprint density at radius 2 is 2.00 bits per heavy atom. The number of aliphatic hydroxyl groups is 2. The van der Waals surface area contributed by atoms with Crippen LogP contribution in [0.3, 0.4) is 0 Å². The smallest absolute Gasteiger partial charge is 0.108 e. The lowest BCUT2D eigenvalue weighted by Gasteiger charge is -2.11. The van der Waals surface area contributed by atoms with Crippen LogP contribution in [-0.4, -0.2) is 16.3 Å². The predicted molar refractivity (Wildman–Crippen MR) is 40.1 cm³/mol. The van der Waals surface area contributed by atoms with Gasteiger partial charge < -0.3 is 14.6 Å². The van der Waals surface area contributed by atoms with Gasteiger partial charge in [-0.05, 0) is 19.4 Å². The van der Waals surface area contributed by atoms with Crippen LogP contribution in [-0.2, 0) is 0 Å². The molecule has 11 heavy (non-hydrogen) atoms. The maximum absolute atomic E-state index is 9.36. The molecule has 2 unspecified atom stereocenters. The summed E-state index contributed by atoms with van der Waals surface area (Å²) in [6, 6.07) is 0. The first-order valence-electron chi connectivity index (χ1n) is 3.51. The van der Waals surface area contributed by atoms with Gasteiger partial charge in [0.2, 0.25) is 0 Å². The molecule has 3 nitrogen and oxygen atoms in total. The van der Waals surface area contributed by atoms with E-state index in [0.717, 1.165) is 5.56 Å². The van der Waals surface area contributed by atoms with Crippen molar-refractivity contribution in [3.05, 3.63) is 23.7 Å². The zero-order chi connectivity index (χ0) is 8.43. The Morgan fingerprint density at radius 3 is 2.36 bits per heavy atom. The summed E-state index contributed by atoms with van der Waals surface area (Å²) >= 11 is 0. The first-order valence-corrected chi connectivity index (χ1v) is 3.51. The van der Waals surface area contributed by atoms with Crippen LogP contribution in [0, 0.1) is 6.92 Å². The van der Waals surface area contributed by atoms with Crippen molar-refractivity contribution in [3.63, 3.8) is 0 Å². The van der Waals surface area contributed by atoms with Crippen molar-refractivity contribution >= 4 is 0 Å². The molecule has 0 aromatic carbocycles. The summed E-state index contributed by atoms with van der Waals surface area (Å²) in [4.78, 5) is 0. The fourth-order valence-corrected chi connectivity index (χ4v) is 0.933. The molecule has 1 heterocycles. The molecule has 0 aliphatic rings. The second-order valence-corrected chi connectivity index (χ2v) is 2.70. The van der Waals surface area contributed by atoms with Gasteiger partial charge in [0, 0.05) is 5.56 Å². The first kappa shape index (κ1) is 8.30. The summed E-state index contributed by atoms with van der Waals surface area (Å²) in [6.07, 6.45) is 1.40. The van der Waals surface area contributed by atoms with Crippen molar-refractivity contribution in [1.82, 2.24) is 0 Å². The first-order chi connectivity index (χ1) is 5.13. The highest BCUT2D eigenvalue weighted by Gasteiger charge is 2.16. The molecule has 1 aromatic rings. The van der Waals surface area contributed by atoms with E-state index < -0.39 is 12.2 Å². The Bertz CT molecular complexity index is 227. The zero-order valence-corrected chi connectivity index (χ0v) is 6.61. The van der Waals surface area contributed by atoms with Crippen LogP contribution in [0.2, 0.25) is 0 Å². The Hall–Kier alpha value is -0.800. The number of hydrogen-bond donors (Lipinski definition) is 2. The van der Waals surface area contributed by atoms with Crippen molar-refractivity contribution in [3.8, 4) is 0 Å². The molecule has 0 fully saturated rings. The van der Waals surface area contributed by atoms with Crippen molar-refractivity contribution in [2.75, 3.05) is 0 Å². The molecule has 1 rings (SSSR count). The average molecular weight is 156 g/mol. The quantitative estimate of drug-likeness (QED) is 0.671. The van der Waals surface area contributed by atoms with Crippen LogP contribution in [0.1, 0.15) is 24.2 Å². The molecule has 1 aromatic heterocycles. The van der Waals surface area contributed by atoms with E-state index in [1.807, 2.05) is 6.92 Å². The van der Waals surface area contributed by atoms with Gasteiger partial charge in [0.1, 0.15) is 6.10 Å². The van der Waals surface area contributed by atoms with E-state index >= 15 is 0 Å². The van der Waals surface area contributed by atoms with E-state index in [9.17, 15) is 5.11 Å². The monoisotopic (exact) mass is 156 g/mol. The summed E-state index contributed by atoms with van der Waals surface area (Å²) in [5.41, 5.74) is 1.51. The normalized spacial score (nSPS) is 16.4. The van der Waals surface area contributed by atoms with Gasteiger partial charge in [0.05, 0.1) is 18.6 Å². The van der Waals surface area contributed by atoms with Crippen LogP contribution < -0.4 is 0 Å². The van der Waals surface area contributed by atoms with Gasteiger partial charge in [-0.2, -0.15) is 0 Å². The summed E-state index contributed by atoms with van der Waals surface area (Å²) in [7, 11) is 0. The summed E-state index contributed by atoms with van der Waals surface area (Å²) < 4.78 is 4.85. The van der Waals surface area contributed by atoms with Crippen molar-refractivity contribution in [1.29, 1.82) is 0 Å². The molecule has 0 saturated carbocycles. The standard InChI is InChI=1S/C8H12O3/c1-5-3-11-4-7(5)8(10)6(2)9/h3-4,6,8-10H,1-2H3. The van der Waals surface area contributed by atoms with E-state index in [2.05, 4.69) is 0 Å². The minimum Gasteiger partial charge on any atom is -0.472 e. The molecule has 0 saturated heterocycles. The third-order valence-electron chi connectivity index (χ3n) is 1.67. The van der Waals surface area contributed by atoms with Gasteiger partial charge in [0.15, 0.2) is 0 Å². The molecule has 0 aliphatic carbocycles. The Morgan fingerprint density at radius 1 is 1.36 bits per heavy atom. The summed E-state index contributed by atoms with van der Waals surface area (Å²) in [5, 5.41) is 18.4. The summed E-state index contributed by atoms with van der Waals surface area (Å²) in [5.74, 6) is 0. The second-order valence-electron chi connectivity index (χ2n) is 2.70. The zero-order valence-electron chi connectivity index (χ0n) is 6.61. The van der Waals surface area contributed by atoms with E-state index in [1.165, 1.54) is 13.2 Å². The van der Waals surface area contributed by atoms with Crippen LogP contribution in [0.5, 0.6) is 0 Å². The molecule has 0 bridgehead atoms. The van der Waals surface area contributed by atoms with Gasteiger partial charge in [-0.25, -0.2) is 0 Å². The van der Waals surface area contributed by atoms with E-state index in [4.69, 9.17) is 9.52 Å². The third-order valence-corrected chi connectivity index (χ3v) is 1.67. The van der Waals surface area contributed by atoms with Crippen molar-refractivity contribution in [2.45, 2.75) is 26.1 Å². The molecular formula is C8H12O3. The molecule has 0 spiro atoms. The van der Waals surface area contributed by atoms with Gasteiger partial charge in [-0.15, -0.1) is 0 Å². The second kappa shape index (κ2) is 3.07. The van der Waals surface area contributed by atoms with Gasteiger partial charge in [-0.3, -0.25) is 0 Å². The highest BCUT2D eigenvalue weighted by molar-refractivity contribution is 5.22. The minimum atomic E-state index is -0.839. The van der Waals surface area contributed by atoms with Crippen molar-refractivity contribution < 1.29 is 14.6 Å². The highest BCUT2D eigenvalue weighted by Crippen LogP contribution is 2.20.